The van der Waals surface area contributed by atoms with Gasteiger partial charge in [-0.1, -0.05) is 44.2 Å². The van der Waals surface area contributed by atoms with Gasteiger partial charge in [0.25, 0.3) is 5.91 Å². The van der Waals surface area contributed by atoms with Gasteiger partial charge in [0, 0.05) is 6.54 Å². The van der Waals surface area contributed by atoms with E-state index in [9.17, 15) is 9.59 Å². The summed E-state index contributed by atoms with van der Waals surface area (Å²) in [6.07, 6.45) is -0.838. The van der Waals surface area contributed by atoms with Crippen molar-refractivity contribution >= 4 is 11.9 Å². The van der Waals surface area contributed by atoms with E-state index in [0.29, 0.717) is 30.4 Å². The lowest BCUT2D eigenvalue weighted by Crippen LogP contribution is -2.37. The summed E-state index contributed by atoms with van der Waals surface area (Å²) >= 11 is 0. The minimum absolute atomic E-state index is 0.296. The summed E-state index contributed by atoms with van der Waals surface area (Å²) in [6.45, 7) is 6.56. The Kier molecular flexibility index (Phi) is 7.21. The molecule has 0 saturated heterocycles. The van der Waals surface area contributed by atoms with Crippen molar-refractivity contribution in [2.75, 3.05) is 6.54 Å². The molecule has 2 rings (SSSR count). The van der Waals surface area contributed by atoms with Crippen molar-refractivity contribution < 1.29 is 19.1 Å². The van der Waals surface area contributed by atoms with Gasteiger partial charge in [-0.15, -0.1) is 0 Å². The van der Waals surface area contributed by atoms with Crippen LogP contribution in [0.15, 0.2) is 54.6 Å². The SMILES string of the molecule is CC(C)CNC(=O)[C@@H](C)OC(=O)c1ccc(OCc2ccccc2)cc1. The van der Waals surface area contributed by atoms with Crippen LogP contribution in [-0.4, -0.2) is 24.5 Å². The normalized spacial score (nSPS) is 11.7. The van der Waals surface area contributed by atoms with E-state index in [1.54, 1.807) is 31.2 Å². The number of nitrogens with one attached hydrogen (secondary N) is 1. The Labute approximate surface area is 154 Å². The van der Waals surface area contributed by atoms with Crippen molar-refractivity contribution in [2.45, 2.75) is 33.5 Å². The number of carbonyl (C=O) groups excluding carboxylic acids is 2. The predicted molar refractivity (Wildman–Crippen MR) is 99.9 cm³/mol. The average molecular weight is 355 g/mol. The van der Waals surface area contributed by atoms with E-state index in [0.717, 1.165) is 5.56 Å². The molecular formula is C21H25NO4. The Bertz CT molecular complexity index is 711. The molecule has 0 radical (unpaired) electrons. The molecule has 0 fully saturated rings. The van der Waals surface area contributed by atoms with Crippen molar-refractivity contribution in [2.24, 2.45) is 5.92 Å². The van der Waals surface area contributed by atoms with Gasteiger partial charge in [0.2, 0.25) is 0 Å². The van der Waals surface area contributed by atoms with Crippen LogP contribution in [-0.2, 0) is 16.1 Å². The minimum Gasteiger partial charge on any atom is -0.489 e. The molecule has 0 aliphatic heterocycles. The summed E-state index contributed by atoms with van der Waals surface area (Å²) in [5.41, 5.74) is 1.44. The Hall–Kier alpha value is -2.82. The van der Waals surface area contributed by atoms with Gasteiger partial charge in [0.15, 0.2) is 6.10 Å². The molecule has 1 atom stereocenters. The Balaban J connectivity index is 1.84. The maximum Gasteiger partial charge on any atom is 0.338 e. The molecule has 5 heteroatoms. The van der Waals surface area contributed by atoms with Crippen molar-refractivity contribution in [3.63, 3.8) is 0 Å². The molecular weight excluding hydrogens is 330 g/mol. The highest BCUT2D eigenvalue weighted by Crippen LogP contribution is 2.15. The van der Waals surface area contributed by atoms with Crippen LogP contribution in [0.4, 0.5) is 0 Å². The lowest BCUT2D eigenvalue weighted by atomic mass is 10.2. The molecule has 1 amide bonds. The third-order valence-corrected chi connectivity index (χ3v) is 3.68. The smallest absolute Gasteiger partial charge is 0.338 e. The number of amides is 1. The number of ether oxygens (including phenoxy) is 2. The van der Waals surface area contributed by atoms with Gasteiger partial charge in [-0.25, -0.2) is 4.79 Å². The lowest BCUT2D eigenvalue weighted by Gasteiger charge is -2.14. The molecule has 0 saturated carbocycles. The molecule has 26 heavy (non-hydrogen) atoms. The summed E-state index contributed by atoms with van der Waals surface area (Å²) in [5, 5.41) is 2.74. The molecule has 0 bridgehead atoms. The standard InChI is InChI=1S/C21H25NO4/c1-15(2)13-22-20(23)16(3)26-21(24)18-9-11-19(12-10-18)25-14-17-7-5-4-6-8-17/h4-12,15-16H,13-14H2,1-3H3,(H,22,23)/t16-/m1/s1. The fourth-order valence-corrected chi connectivity index (χ4v) is 2.16. The number of carbonyl (C=O) groups is 2. The molecule has 2 aromatic rings. The minimum atomic E-state index is -0.838. The van der Waals surface area contributed by atoms with E-state index >= 15 is 0 Å². The summed E-state index contributed by atoms with van der Waals surface area (Å²) in [4.78, 5) is 24.0. The van der Waals surface area contributed by atoms with E-state index in [4.69, 9.17) is 9.47 Å². The topological polar surface area (TPSA) is 64.6 Å². The molecule has 0 spiro atoms. The lowest BCUT2D eigenvalue weighted by molar-refractivity contribution is -0.129. The molecule has 1 N–H and O–H groups in total. The monoisotopic (exact) mass is 355 g/mol. The Morgan fingerprint density at radius 3 is 2.23 bits per heavy atom. The summed E-state index contributed by atoms with van der Waals surface area (Å²) in [6, 6.07) is 16.5. The summed E-state index contributed by atoms with van der Waals surface area (Å²) in [5.74, 6) is 0.167. The van der Waals surface area contributed by atoms with Crippen LogP contribution in [0.2, 0.25) is 0 Å². The van der Waals surface area contributed by atoms with Crippen LogP contribution in [0.3, 0.4) is 0 Å². The molecule has 0 aromatic heterocycles. The maximum absolute atomic E-state index is 12.1. The van der Waals surface area contributed by atoms with E-state index in [1.165, 1.54) is 0 Å². The fourth-order valence-electron chi connectivity index (χ4n) is 2.16. The van der Waals surface area contributed by atoms with Crippen LogP contribution >= 0.6 is 0 Å². The second kappa shape index (κ2) is 9.61. The zero-order valence-corrected chi connectivity index (χ0v) is 15.4. The zero-order chi connectivity index (χ0) is 18.9. The largest absolute Gasteiger partial charge is 0.489 e. The second-order valence-corrected chi connectivity index (χ2v) is 6.49. The highest BCUT2D eigenvalue weighted by molar-refractivity contribution is 5.92. The van der Waals surface area contributed by atoms with Gasteiger partial charge in [-0.2, -0.15) is 0 Å². The number of esters is 1. The molecule has 2 aromatic carbocycles. The summed E-state index contributed by atoms with van der Waals surface area (Å²) in [7, 11) is 0. The first-order valence-electron chi connectivity index (χ1n) is 8.71. The number of benzene rings is 2. The molecule has 0 aliphatic rings. The van der Waals surface area contributed by atoms with Crippen molar-refractivity contribution in [1.29, 1.82) is 0 Å². The highest BCUT2D eigenvalue weighted by Gasteiger charge is 2.18. The molecule has 0 heterocycles. The van der Waals surface area contributed by atoms with Crippen molar-refractivity contribution in [1.82, 2.24) is 5.32 Å². The zero-order valence-electron chi connectivity index (χ0n) is 15.4. The fraction of sp³-hybridized carbons (Fsp3) is 0.333. The van der Waals surface area contributed by atoms with Gasteiger partial charge in [0.1, 0.15) is 12.4 Å². The van der Waals surface area contributed by atoms with Crippen LogP contribution in [0.5, 0.6) is 5.75 Å². The first-order valence-corrected chi connectivity index (χ1v) is 8.71. The molecule has 0 unspecified atom stereocenters. The van der Waals surface area contributed by atoms with Gasteiger partial charge in [-0.05, 0) is 42.7 Å². The second-order valence-electron chi connectivity index (χ2n) is 6.49. The first-order chi connectivity index (χ1) is 12.5. The van der Waals surface area contributed by atoms with Gasteiger partial charge in [-0.3, -0.25) is 4.79 Å². The van der Waals surface area contributed by atoms with Gasteiger partial charge >= 0.3 is 5.97 Å². The predicted octanol–water partition coefficient (Wildman–Crippen LogP) is 3.58. The van der Waals surface area contributed by atoms with Crippen LogP contribution in [0, 0.1) is 5.92 Å². The number of hydrogen-bond donors (Lipinski definition) is 1. The quantitative estimate of drug-likeness (QED) is 0.735. The third kappa shape index (κ3) is 6.24. The highest BCUT2D eigenvalue weighted by atomic mass is 16.5. The summed E-state index contributed by atoms with van der Waals surface area (Å²) < 4.78 is 10.9. The van der Waals surface area contributed by atoms with Crippen LogP contribution < -0.4 is 10.1 Å². The molecule has 138 valence electrons. The van der Waals surface area contributed by atoms with Crippen molar-refractivity contribution in [3.05, 3.63) is 65.7 Å². The molecule has 5 nitrogen and oxygen atoms in total. The first kappa shape index (κ1) is 19.5. The average Bonchev–Trinajstić information content (AvgIpc) is 2.65. The Morgan fingerprint density at radius 2 is 1.62 bits per heavy atom. The van der Waals surface area contributed by atoms with Gasteiger partial charge < -0.3 is 14.8 Å². The molecule has 0 aliphatic carbocycles. The number of hydrogen-bond acceptors (Lipinski definition) is 4. The van der Waals surface area contributed by atoms with Crippen LogP contribution in [0.25, 0.3) is 0 Å². The van der Waals surface area contributed by atoms with E-state index in [-0.39, 0.29) is 5.91 Å². The van der Waals surface area contributed by atoms with Crippen LogP contribution in [0.1, 0.15) is 36.7 Å². The van der Waals surface area contributed by atoms with E-state index in [1.807, 2.05) is 44.2 Å². The van der Waals surface area contributed by atoms with Crippen molar-refractivity contribution in [3.8, 4) is 5.75 Å². The van der Waals surface area contributed by atoms with Gasteiger partial charge in [0.05, 0.1) is 5.56 Å². The Morgan fingerprint density at radius 1 is 0.962 bits per heavy atom. The number of rotatable bonds is 8. The third-order valence-electron chi connectivity index (χ3n) is 3.68. The van der Waals surface area contributed by atoms with E-state index in [2.05, 4.69) is 5.32 Å². The maximum atomic E-state index is 12.1. The van der Waals surface area contributed by atoms with E-state index < -0.39 is 12.1 Å².